The monoisotopic (exact) mass is 284 g/mol. The number of piperidine rings is 1. The van der Waals surface area contributed by atoms with E-state index in [1.165, 1.54) is 0 Å². The van der Waals surface area contributed by atoms with Crippen LogP contribution in [0.1, 0.15) is 19.3 Å². The second-order valence-electron chi connectivity index (χ2n) is 6.14. The van der Waals surface area contributed by atoms with E-state index in [2.05, 4.69) is 10.2 Å². The maximum absolute atomic E-state index is 12.0. The van der Waals surface area contributed by atoms with Gasteiger partial charge in [0.05, 0.1) is 6.61 Å². The van der Waals surface area contributed by atoms with Crippen molar-refractivity contribution in [2.75, 3.05) is 60.0 Å². The van der Waals surface area contributed by atoms with E-state index in [0.717, 1.165) is 58.5 Å². The highest BCUT2D eigenvalue weighted by atomic mass is 16.3. The molecule has 0 aromatic heterocycles. The van der Waals surface area contributed by atoms with Crippen molar-refractivity contribution in [3.05, 3.63) is 0 Å². The first kappa shape index (κ1) is 15.5. The molecule has 6 nitrogen and oxygen atoms in total. The quantitative estimate of drug-likeness (QED) is 0.737. The number of nitrogens with zero attached hydrogens (tertiary/aromatic N) is 3. The fourth-order valence-corrected chi connectivity index (χ4v) is 3.29. The van der Waals surface area contributed by atoms with Gasteiger partial charge < -0.3 is 20.2 Å². The Balaban J connectivity index is 1.98. The molecule has 2 fully saturated rings. The summed E-state index contributed by atoms with van der Waals surface area (Å²) in [4.78, 5) is 17.9. The van der Waals surface area contributed by atoms with Crippen molar-refractivity contribution >= 4 is 6.03 Å². The van der Waals surface area contributed by atoms with E-state index in [9.17, 15) is 9.90 Å². The number of carbonyl (C=O) groups excluding carboxylic acids is 1. The topological polar surface area (TPSA) is 59.1 Å². The molecule has 2 heterocycles. The third kappa shape index (κ3) is 3.24. The number of amides is 2. The fourth-order valence-electron chi connectivity index (χ4n) is 3.29. The van der Waals surface area contributed by atoms with Crippen LogP contribution >= 0.6 is 0 Å². The molecule has 20 heavy (non-hydrogen) atoms. The summed E-state index contributed by atoms with van der Waals surface area (Å²) in [7, 11) is 3.58. The molecule has 0 bridgehead atoms. The zero-order chi connectivity index (χ0) is 14.6. The lowest BCUT2D eigenvalue weighted by atomic mass is 9.86. The molecule has 116 valence electrons. The number of aliphatic hydroxyl groups is 1. The standard InChI is InChI=1S/C14H28N4O2/c1-16(2)13(20)17-9-4-14(12-19,5-10-17)18-8-3-6-15-7-11-18/h15,19H,3-12H2,1-2H3. The molecule has 0 aromatic carbocycles. The van der Waals surface area contributed by atoms with Gasteiger partial charge in [0.25, 0.3) is 0 Å². The Labute approximate surface area is 121 Å². The molecule has 0 unspecified atom stereocenters. The second-order valence-corrected chi connectivity index (χ2v) is 6.14. The average Bonchev–Trinajstić information content (AvgIpc) is 2.76. The molecule has 0 atom stereocenters. The van der Waals surface area contributed by atoms with Crippen LogP contribution in [0.3, 0.4) is 0 Å². The predicted molar refractivity (Wildman–Crippen MR) is 78.8 cm³/mol. The van der Waals surface area contributed by atoms with Gasteiger partial charge in [0.1, 0.15) is 0 Å². The summed E-state index contributed by atoms with van der Waals surface area (Å²) in [6.45, 7) is 5.74. The van der Waals surface area contributed by atoms with Crippen LogP contribution < -0.4 is 5.32 Å². The Kier molecular flexibility index (Phi) is 5.23. The molecule has 0 radical (unpaired) electrons. The zero-order valence-electron chi connectivity index (χ0n) is 12.8. The number of likely N-dealkylation sites (tertiary alicyclic amines) is 1. The number of hydrogen-bond donors (Lipinski definition) is 2. The van der Waals surface area contributed by atoms with Crippen molar-refractivity contribution in [2.45, 2.75) is 24.8 Å². The molecule has 0 saturated carbocycles. The minimum Gasteiger partial charge on any atom is -0.394 e. The third-order valence-electron chi connectivity index (χ3n) is 4.65. The predicted octanol–water partition coefficient (Wildman–Crippen LogP) is -0.210. The first-order valence-electron chi connectivity index (χ1n) is 7.62. The minimum absolute atomic E-state index is 0.0778. The molecule has 2 saturated heterocycles. The van der Waals surface area contributed by atoms with Gasteiger partial charge in [-0.1, -0.05) is 0 Å². The van der Waals surface area contributed by atoms with Crippen LogP contribution in [0.25, 0.3) is 0 Å². The van der Waals surface area contributed by atoms with Gasteiger partial charge in [-0.15, -0.1) is 0 Å². The number of urea groups is 1. The highest BCUT2D eigenvalue weighted by molar-refractivity contribution is 5.73. The molecule has 6 heteroatoms. The highest BCUT2D eigenvalue weighted by Crippen LogP contribution is 2.29. The third-order valence-corrected chi connectivity index (χ3v) is 4.65. The smallest absolute Gasteiger partial charge is 0.319 e. The molecule has 2 aliphatic heterocycles. The Bertz CT molecular complexity index is 319. The van der Waals surface area contributed by atoms with Crippen molar-refractivity contribution < 1.29 is 9.90 Å². The van der Waals surface area contributed by atoms with Gasteiger partial charge in [0.2, 0.25) is 0 Å². The van der Waals surface area contributed by atoms with Gasteiger partial charge >= 0.3 is 6.03 Å². The van der Waals surface area contributed by atoms with Gasteiger partial charge in [-0.25, -0.2) is 4.79 Å². The van der Waals surface area contributed by atoms with Gasteiger partial charge in [-0.2, -0.15) is 0 Å². The van der Waals surface area contributed by atoms with Crippen LogP contribution in [-0.4, -0.2) is 91.3 Å². The lowest BCUT2D eigenvalue weighted by Gasteiger charge is -2.48. The summed E-state index contributed by atoms with van der Waals surface area (Å²) >= 11 is 0. The van der Waals surface area contributed by atoms with Crippen molar-refractivity contribution in [1.29, 1.82) is 0 Å². The summed E-state index contributed by atoms with van der Waals surface area (Å²) in [6.07, 6.45) is 2.86. The van der Waals surface area contributed by atoms with Gasteiger partial charge in [0.15, 0.2) is 0 Å². The Morgan fingerprint density at radius 3 is 2.50 bits per heavy atom. The van der Waals surface area contributed by atoms with Crippen molar-refractivity contribution in [2.24, 2.45) is 0 Å². The summed E-state index contributed by atoms with van der Waals surface area (Å²) in [5.74, 6) is 0. The Morgan fingerprint density at radius 1 is 1.20 bits per heavy atom. The molecular formula is C14H28N4O2. The van der Waals surface area contributed by atoms with E-state index in [1.54, 1.807) is 19.0 Å². The van der Waals surface area contributed by atoms with Crippen LogP contribution in [0.4, 0.5) is 4.79 Å². The maximum Gasteiger partial charge on any atom is 0.319 e. The lowest BCUT2D eigenvalue weighted by molar-refractivity contribution is -0.0105. The SMILES string of the molecule is CN(C)C(=O)N1CCC(CO)(N2CCCNCC2)CC1. The number of hydrogen-bond acceptors (Lipinski definition) is 4. The summed E-state index contributed by atoms with van der Waals surface area (Å²) in [6, 6.07) is 0.0778. The van der Waals surface area contributed by atoms with E-state index in [0.29, 0.717) is 0 Å². The summed E-state index contributed by atoms with van der Waals surface area (Å²) in [5.41, 5.74) is -0.130. The molecule has 2 aliphatic rings. The Morgan fingerprint density at radius 2 is 1.90 bits per heavy atom. The van der Waals surface area contributed by atoms with E-state index < -0.39 is 0 Å². The number of carbonyl (C=O) groups is 1. The first-order valence-corrected chi connectivity index (χ1v) is 7.62. The van der Waals surface area contributed by atoms with Crippen molar-refractivity contribution in [3.8, 4) is 0 Å². The number of nitrogens with one attached hydrogen (secondary N) is 1. The second kappa shape index (κ2) is 6.74. The maximum atomic E-state index is 12.0. The van der Waals surface area contributed by atoms with E-state index in [-0.39, 0.29) is 18.2 Å². The van der Waals surface area contributed by atoms with Gasteiger partial charge in [-0.05, 0) is 25.8 Å². The van der Waals surface area contributed by atoms with Crippen LogP contribution in [0.2, 0.25) is 0 Å². The normalized spacial score (nSPS) is 24.2. The molecule has 2 N–H and O–H groups in total. The van der Waals surface area contributed by atoms with Crippen LogP contribution in [-0.2, 0) is 0 Å². The molecule has 0 aliphatic carbocycles. The molecule has 2 amide bonds. The van der Waals surface area contributed by atoms with Crippen molar-refractivity contribution in [1.82, 2.24) is 20.0 Å². The van der Waals surface area contributed by atoms with Crippen molar-refractivity contribution in [3.63, 3.8) is 0 Å². The van der Waals surface area contributed by atoms with Crippen LogP contribution in [0.5, 0.6) is 0 Å². The summed E-state index contributed by atoms with van der Waals surface area (Å²) < 4.78 is 0. The van der Waals surface area contributed by atoms with Gasteiger partial charge in [-0.3, -0.25) is 4.90 Å². The number of rotatable bonds is 2. The summed E-state index contributed by atoms with van der Waals surface area (Å²) in [5, 5.41) is 13.3. The largest absolute Gasteiger partial charge is 0.394 e. The molecule has 0 aromatic rings. The average molecular weight is 284 g/mol. The van der Waals surface area contributed by atoms with Gasteiger partial charge in [0, 0.05) is 52.4 Å². The van der Waals surface area contributed by atoms with E-state index in [4.69, 9.17) is 0 Å². The molecule has 2 rings (SSSR count). The van der Waals surface area contributed by atoms with Crippen LogP contribution in [0.15, 0.2) is 0 Å². The Hall–Kier alpha value is -0.850. The zero-order valence-corrected chi connectivity index (χ0v) is 12.8. The number of aliphatic hydroxyl groups excluding tert-OH is 1. The lowest BCUT2D eigenvalue weighted by Crippen LogP contribution is -2.59. The van der Waals surface area contributed by atoms with E-state index in [1.807, 2.05) is 4.90 Å². The minimum atomic E-state index is -0.130. The molecule has 0 spiro atoms. The molecular weight excluding hydrogens is 256 g/mol. The fraction of sp³-hybridized carbons (Fsp3) is 0.929. The first-order chi connectivity index (χ1) is 9.59. The van der Waals surface area contributed by atoms with E-state index >= 15 is 0 Å². The highest BCUT2D eigenvalue weighted by Gasteiger charge is 2.40. The van der Waals surface area contributed by atoms with Crippen LogP contribution in [0, 0.1) is 0 Å².